The molecule has 232 valence electrons. The largest absolute Gasteiger partial charge is 0.493 e. The van der Waals surface area contributed by atoms with Gasteiger partial charge in [0.2, 0.25) is 5.60 Å². The lowest BCUT2D eigenvalue weighted by atomic mass is 9.91. The zero-order chi connectivity index (χ0) is 31.6. The summed E-state index contributed by atoms with van der Waals surface area (Å²) in [7, 11) is 1.38. The fraction of sp³-hybridized carbons (Fsp3) is 0.323. The van der Waals surface area contributed by atoms with Crippen molar-refractivity contribution in [2.75, 3.05) is 26.7 Å². The van der Waals surface area contributed by atoms with Crippen LogP contribution in [0.15, 0.2) is 72.9 Å². The van der Waals surface area contributed by atoms with Crippen LogP contribution in [-0.2, 0) is 12.1 Å². The first-order chi connectivity index (χ1) is 20.9. The number of halogens is 3. The number of carbonyl (C=O) groups is 1. The van der Waals surface area contributed by atoms with Gasteiger partial charge in [0, 0.05) is 55.5 Å². The van der Waals surface area contributed by atoms with Gasteiger partial charge in [0.05, 0.1) is 23.1 Å². The number of nitro groups is 1. The monoisotopic (exact) mass is 613 g/mol. The Kier molecular flexibility index (Phi) is 8.53. The number of β-amino-alcohol motifs (C(OH)–C–C–N with tert-alkyl or cyclic N) is 1. The van der Waals surface area contributed by atoms with Crippen LogP contribution in [0.4, 0.5) is 18.9 Å². The van der Waals surface area contributed by atoms with Crippen molar-refractivity contribution in [2.45, 2.75) is 37.3 Å². The van der Waals surface area contributed by atoms with Gasteiger partial charge in [-0.25, -0.2) is 4.79 Å². The van der Waals surface area contributed by atoms with Gasteiger partial charge in [0.15, 0.2) is 11.5 Å². The number of rotatable bonds is 10. The van der Waals surface area contributed by atoms with E-state index in [0.29, 0.717) is 18.6 Å². The van der Waals surface area contributed by atoms with Crippen molar-refractivity contribution in [1.29, 1.82) is 0 Å². The molecule has 0 saturated carbocycles. The third-order valence-electron chi connectivity index (χ3n) is 7.88. The van der Waals surface area contributed by atoms with Gasteiger partial charge in [0.25, 0.3) is 5.69 Å². The van der Waals surface area contributed by atoms with E-state index in [2.05, 4.69) is 0 Å². The number of carboxylic acid groups (broad SMARTS) is 1. The van der Waals surface area contributed by atoms with E-state index in [0.717, 1.165) is 11.6 Å². The molecular weight excluding hydrogens is 583 g/mol. The molecule has 0 aliphatic carbocycles. The van der Waals surface area contributed by atoms with Crippen LogP contribution in [0.25, 0.3) is 10.9 Å². The number of hydrogen-bond acceptors (Lipinski definition) is 7. The van der Waals surface area contributed by atoms with Crippen molar-refractivity contribution in [3.05, 3.63) is 99.7 Å². The Bertz CT molecular complexity index is 1670. The fourth-order valence-corrected chi connectivity index (χ4v) is 5.55. The van der Waals surface area contributed by atoms with Gasteiger partial charge in [-0.1, -0.05) is 30.3 Å². The molecule has 44 heavy (non-hydrogen) atoms. The average molecular weight is 614 g/mol. The molecule has 3 aromatic carbocycles. The minimum absolute atomic E-state index is 0.0233. The molecule has 1 aromatic heterocycles. The van der Waals surface area contributed by atoms with Crippen LogP contribution in [0.2, 0.25) is 0 Å². The maximum Gasteiger partial charge on any atom is 0.422 e. The molecule has 1 saturated heterocycles. The first-order valence-corrected chi connectivity index (χ1v) is 13.8. The quantitative estimate of drug-likeness (QED) is 0.175. The molecule has 10 nitrogen and oxygen atoms in total. The summed E-state index contributed by atoms with van der Waals surface area (Å²) in [6, 6.07) is 16.7. The highest BCUT2D eigenvalue weighted by Crippen LogP contribution is 2.44. The summed E-state index contributed by atoms with van der Waals surface area (Å²) in [6.45, 7) is -0.229. The minimum Gasteiger partial charge on any atom is -0.493 e. The van der Waals surface area contributed by atoms with Crippen LogP contribution in [0, 0.1) is 10.1 Å². The van der Waals surface area contributed by atoms with E-state index in [1.165, 1.54) is 53.1 Å². The number of likely N-dealkylation sites (tertiary alicyclic amines) is 1. The standard InChI is InChI=1S/C31H30F3N3O7/c1-43-28-15-21(29(38)39)7-10-27(28)44-23-11-13-35(14-12-23)19-30(40,31(32,33)34)25-18-36(17-20-5-3-2-4-6-20)26-16-22(37(41)42)8-9-24(25)26/h2-10,15-16,18,23,40H,11-14,17,19H2,1H3,(H,38,39). The van der Waals surface area contributed by atoms with Crippen LogP contribution < -0.4 is 9.47 Å². The van der Waals surface area contributed by atoms with Crippen LogP contribution >= 0.6 is 0 Å². The van der Waals surface area contributed by atoms with E-state index < -0.39 is 29.2 Å². The van der Waals surface area contributed by atoms with E-state index in [1.807, 2.05) is 0 Å². The van der Waals surface area contributed by atoms with E-state index >= 15 is 0 Å². The van der Waals surface area contributed by atoms with Crippen molar-refractivity contribution in [2.24, 2.45) is 0 Å². The van der Waals surface area contributed by atoms with Gasteiger partial charge in [-0.2, -0.15) is 13.2 Å². The molecule has 0 spiro atoms. The number of nitro benzene ring substituents is 1. The molecule has 1 atom stereocenters. The van der Waals surface area contributed by atoms with Gasteiger partial charge >= 0.3 is 12.1 Å². The summed E-state index contributed by atoms with van der Waals surface area (Å²) >= 11 is 0. The summed E-state index contributed by atoms with van der Waals surface area (Å²) < 4.78 is 57.1. The Labute approximate surface area is 250 Å². The molecule has 1 unspecified atom stereocenters. The number of aromatic nitrogens is 1. The van der Waals surface area contributed by atoms with Crippen molar-refractivity contribution in [3.63, 3.8) is 0 Å². The predicted octanol–water partition coefficient (Wildman–Crippen LogP) is 5.60. The second-order valence-corrected chi connectivity index (χ2v) is 10.7. The predicted molar refractivity (Wildman–Crippen MR) is 154 cm³/mol. The number of hydrogen-bond donors (Lipinski definition) is 2. The summed E-state index contributed by atoms with van der Waals surface area (Å²) in [6.07, 6.45) is -3.51. The molecule has 2 heterocycles. The van der Waals surface area contributed by atoms with Gasteiger partial charge in [-0.3, -0.25) is 15.0 Å². The molecule has 5 rings (SSSR count). The van der Waals surface area contributed by atoms with Crippen LogP contribution in [0.3, 0.4) is 0 Å². The molecule has 1 aliphatic heterocycles. The number of aliphatic hydroxyl groups is 1. The number of ether oxygens (including phenoxy) is 2. The van der Waals surface area contributed by atoms with E-state index in [-0.39, 0.29) is 59.2 Å². The molecule has 1 fully saturated rings. The number of alkyl halides is 3. The van der Waals surface area contributed by atoms with Crippen LogP contribution in [0.5, 0.6) is 11.5 Å². The van der Waals surface area contributed by atoms with Crippen molar-refractivity contribution >= 4 is 22.6 Å². The van der Waals surface area contributed by atoms with Gasteiger partial charge in [-0.15, -0.1) is 0 Å². The zero-order valence-electron chi connectivity index (χ0n) is 23.7. The maximum absolute atomic E-state index is 14.8. The van der Waals surface area contributed by atoms with Crippen molar-refractivity contribution in [3.8, 4) is 11.5 Å². The second-order valence-electron chi connectivity index (χ2n) is 10.7. The number of carboxylic acids is 1. The molecule has 0 radical (unpaired) electrons. The lowest BCUT2D eigenvalue weighted by molar-refractivity contribution is -0.384. The molecular formula is C31H30F3N3O7. The fourth-order valence-electron chi connectivity index (χ4n) is 5.55. The number of benzene rings is 3. The Balaban J connectivity index is 1.40. The second kappa shape index (κ2) is 12.2. The van der Waals surface area contributed by atoms with Crippen LogP contribution in [0.1, 0.15) is 34.3 Å². The first kappa shape index (κ1) is 30.8. The Morgan fingerprint density at radius 3 is 2.36 bits per heavy atom. The van der Waals surface area contributed by atoms with Crippen molar-refractivity contribution in [1.82, 2.24) is 9.47 Å². The van der Waals surface area contributed by atoms with Gasteiger partial charge in [0.1, 0.15) is 6.10 Å². The zero-order valence-corrected chi connectivity index (χ0v) is 23.7. The highest BCUT2D eigenvalue weighted by atomic mass is 19.4. The van der Waals surface area contributed by atoms with E-state index in [9.17, 15) is 38.3 Å². The summed E-state index contributed by atoms with van der Waals surface area (Å²) in [5, 5.41) is 32.2. The first-order valence-electron chi connectivity index (χ1n) is 13.8. The normalized spacial score (nSPS) is 16.0. The highest BCUT2D eigenvalue weighted by Gasteiger charge is 2.57. The van der Waals surface area contributed by atoms with Gasteiger partial charge < -0.3 is 24.3 Å². The third-order valence-corrected chi connectivity index (χ3v) is 7.88. The third kappa shape index (κ3) is 6.19. The Hall–Kier alpha value is -4.62. The number of methoxy groups -OCH3 is 1. The van der Waals surface area contributed by atoms with Gasteiger partial charge in [-0.05, 0) is 42.7 Å². The summed E-state index contributed by atoms with van der Waals surface area (Å²) in [4.78, 5) is 23.6. The molecule has 4 aromatic rings. The number of fused-ring (bicyclic) bond motifs is 1. The maximum atomic E-state index is 14.8. The topological polar surface area (TPSA) is 127 Å². The minimum atomic E-state index is -5.06. The summed E-state index contributed by atoms with van der Waals surface area (Å²) in [5.74, 6) is -0.573. The molecule has 0 amide bonds. The molecule has 13 heteroatoms. The molecule has 1 aliphatic rings. The SMILES string of the molecule is COc1cc(C(=O)O)ccc1OC1CCN(CC(O)(c2cn(Cc3ccccc3)c3cc([N+](=O)[O-])ccc23)C(F)(F)F)CC1. The Morgan fingerprint density at radius 2 is 1.75 bits per heavy atom. The number of piperidine rings is 1. The molecule has 0 bridgehead atoms. The smallest absolute Gasteiger partial charge is 0.422 e. The lowest BCUT2D eigenvalue weighted by Crippen LogP contribution is -2.53. The number of nitrogens with zero attached hydrogens (tertiary/aromatic N) is 3. The highest BCUT2D eigenvalue weighted by molar-refractivity contribution is 5.88. The summed E-state index contributed by atoms with van der Waals surface area (Å²) in [5.41, 5.74) is -2.93. The van der Waals surface area contributed by atoms with Crippen LogP contribution in [-0.4, -0.2) is 69.6 Å². The Morgan fingerprint density at radius 1 is 1.05 bits per heavy atom. The van der Waals surface area contributed by atoms with E-state index in [1.54, 1.807) is 30.3 Å². The lowest BCUT2D eigenvalue weighted by Gasteiger charge is -2.39. The van der Waals surface area contributed by atoms with Crippen molar-refractivity contribution < 1.29 is 42.6 Å². The van der Waals surface area contributed by atoms with E-state index in [4.69, 9.17) is 9.47 Å². The number of aromatic carboxylic acids is 1. The number of non-ortho nitro benzene ring substituents is 1. The average Bonchev–Trinajstić information content (AvgIpc) is 3.36. The molecule has 2 N–H and O–H groups in total.